The molecule has 1 fully saturated rings. The number of carbonyl (C=O) groups is 2. The van der Waals surface area contributed by atoms with Crippen molar-refractivity contribution in [3.05, 3.63) is 53.6 Å². The Labute approximate surface area is 157 Å². The van der Waals surface area contributed by atoms with Crippen LogP contribution in [0.2, 0.25) is 0 Å². The van der Waals surface area contributed by atoms with Gasteiger partial charge in [0.25, 0.3) is 11.8 Å². The van der Waals surface area contributed by atoms with Crippen LogP contribution in [-0.4, -0.2) is 52.8 Å². The van der Waals surface area contributed by atoms with Crippen molar-refractivity contribution >= 4 is 33.0 Å². The number of sulfone groups is 1. The molecular formula is C19H18N2O5S. The van der Waals surface area contributed by atoms with E-state index in [1.54, 1.807) is 36.4 Å². The molecule has 0 saturated carbocycles. The Hall–Kier alpha value is -2.71. The van der Waals surface area contributed by atoms with Crippen LogP contribution in [0.4, 0.5) is 11.4 Å². The molecule has 7 nitrogen and oxygen atoms in total. The Balaban J connectivity index is 1.85. The Bertz CT molecular complexity index is 1010. The molecule has 0 radical (unpaired) electrons. The number of imide groups is 1. The molecule has 0 aliphatic carbocycles. The van der Waals surface area contributed by atoms with E-state index in [1.165, 1.54) is 6.07 Å². The Kier molecular flexibility index (Phi) is 4.24. The summed E-state index contributed by atoms with van der Waals surface area (Å²) in [6.07, 6.45) is 1.07. The Morgan fingerprint density at radius 1 is 0.926 bits per heavy atom. The van der Waals surface area contributed by atoms with Gasteiger partial charge in [0.15, 0.2) is 9.84 Å². The average Bonchev–Trinajstić information content (AvgIpc) is 2.92. The first kappa shape index (κ1) is 17.7. The summed E-state index contributed by atoms with van der Waals surface area (Å²) in [6.45, 7) is 2.44. The highest BCUT2D eigenvalue weighted by molar-refractivity contribution is 7.90. The highest BCUT2D eigenvalue weighted by Gasteiger charge is 2.38. The smallest absolute Gasteiger partial charge is 0.266 e. The molecule has 1 saturated heterocycles. The number of fused-ring (bicyclic) bond motifs is 1. The summed E-state index contributed by atoms with van der Waals surface area (Å²) in [6, 6.07) is 11.2. The lowest BCUT2D eigenvalue weighted by Crippen LogP contribution is -2.36. The van der Waals surface area contributed by atoms with Crippen molar-refractivity contribution in [3.63, 3.8) is 0 Å². The maximum Gasteiger partial charge on any atom is 0.266 e. The lowest BCUT2D eigenvalue weighted by molar-refractivity contribution is 0.0925. The van der Waals surface area contributed by atoms with Crippen molar-refractivity contribution in [1.29, 1.82) is 0 Å². The van der Waals surface area contributed by atoms with E-state index < -0.39 is 21.7 Å². The van der Waals surface area contributed by atoms with Crippen LogP contribution in [0.15, 0.2) is 47.4 Å². The van der Waals surface area contributed by atoms with Crippen molar-refractivity contribution in [2.24, 2.45) is 0 Å². The quantitative estimate of drug-likeness (QED) is 0.747. The van der Waals surface area contributed by atoms with Crippen LogP contribution >= 0.6 is 0 Å². The molecule has 0 aromatic heterocycles. The van der Waals surface area contributed by atoms with Crippen molar-refractivity contribution < 1.29 is 22.7 Å². The number of hydrogen-bond donors (Lipinski definition) is 0. The molecule has 4 rings (SSSR count). The summed E-state index contributed by atoms with van der Waals surface area (Å²) in [5.41, 5.74) is 1.39. The number of nitrogens with zero attached hydrogens (tertiary/aromatic N) is 2. The van der Waals surface area contributed by atoms with Crippen LogP contribution in [0.1, 0.15) is 20.7 Å². The molecule has 140 valence electrons. The van der Waals surface area contributed by atoms with E-state index in [0.29, 0.717) is 26.3 Å². The fourth-order valence-electron chi connectivity index (χ4n) is 3.42. The normalized spacial score (nSPS) is 17.4. The summed E-state index contributed by atoms with van der Waals surface area (Å²) in [7, 11) is -3.64. The van der Waals surface area contributed by atoms with Gasteiger partial charge in [-0.05, 0) is 30.3 Å². The molecule has 2 aliphatic heterocycles. The molecule has 2 aromatic rings. The van der Waals surface area contributed by atoms with Gasteiger partial charge in [0.05, 0.1) is 34.9 Å². The topological polar surface area (TPSA) is 84.0 Å². The zero-order valence-corrected chi connectivity index (χ0v) is 15.5. The van der Waals surface area contributed by atoms with E-state index in [-0.39, 0.29) is 21.7 Å². The van der Waals surface area contributed by atoms with Crippen LogP contribution < -0.4 is 9.80 Å². The standard InChI is InChI=1S/C19H18N2O5S/c1-27(24,25)17-7-6-13(20-8-10-26-11-9-20)12-16(17)21-18(22)14-4-2-3-5-15(14)19(21)23/h2-7,12H,8-11H2,1H3. The number of rotatable bonds is 3. The van der Waals surface area contributed by atoms with Gasteiger partial charge in [0.1, 0.15) is 0 Å². The molecule has 27 heavy (non-hydrogen) atoms. The number of hydrogen-bond acceptors (Lipinski definition) is 6. The van der Waals surface area contributed by atoms with Crippen LogP contribution in [0.5, 0.6) is 0 Å². The second kappa shape index (κ2) is 6.47. The lowest BCUT2D eigenvalue weighted by atomic mass is 10.1. The monoisotopic (exact) mass is 386 g/mol. The summed E-state index contributed by atoms with van der Waals surface area (Å²) in [5.74, 6) is -1.03. The first-order valence-electron chi connectivity index (χ1n) is 8.52. The number of benzene rings is 2. The molecule has 0 N–H and O–H groups in total. The van der Waals surface area contributed by atoms with E-state index in [0.717, 1.165) is 16.8 Å². The molecule has 2 aliphatic rings. The van der Waals surface area contributed by atoms with Crippen molar-refractivity contribution in [1.82, 2.24) is 0 Å². The predicted octanol–water partition coefficient (Wildman–Crippen LogP) is 1.73. The van der Waals surface area contributed by atoms with E-state index in [9.17, 15) is 18.0 Å². The molecule has 2 heterocycles. The summed E-state index contributed by atoms with van der Waals surface area (Å²) in [5, 5.41) is 0. The molecule has 0 unspecified atom stereocenters. The Morgan fingerprint density at radius 3 is 2.07 bits per heavy atom. The second-order valence-electron chi connectivity index (χ2n) is 6.51. The van der Waals surface area contributed by atoms with Gasteiger partial charge in [-0.1, -0.05) is 12.1 Å². The van der Waals surface area contributed by atoms with Gasteiger partial charge in [0, 0.05) is 25.0 Å². The number of morpholine rings is 1. The van der Waals surface area contributed by atoms with Gasteiger partial charge in [0.2, 0.25) is 0 Å². The molecule has 0 bridgehead atoms. The number of anilines is 2. The molecular weight excluding hydrogens is 368 g/mol. The maximum absolute atomic E-state index is 12.9. The third-order valence-corrected chi connectivity index (χ3v) is 5.90. The largest absolute Gasteiger partial charge is 0.378 e. The van der Waals surface area contributed by atoms with E-state index >= 15 is 0 Å². The third kappa shape index (κ3) is 3.00. The molecule has 2 amide bonds. The van der Waals surface area contributed by atoms with Crippen molar-refractivity contribution in [2.45, 2.75) is 4.90 Å². The first-order valence-corrected chi connectivity index (χ1v) is 10.4. The highest BCUT2D eigenvalue weighted by Crippen LogP contribution is 2.35. The van der Waals surface area contributed by atoms with Crippen LogP contribution in [0, 0.1) is 0 Å². The van der Waals surface area contributed by atoms with Gasteiger partial charge in [-0.15, -0.1) is 0 Å². The number of ether oxygens (including phenoxy) is 1. The predicted molar refractivity (Wildman–Crippen MR) is 100 cm³/mol. The van der Waals surface area contributed by atoms with Gasteiger partial charge < -0.3 is 9.64 Å². The zero-order valence-electron chi connectivity index (χ0n) is 14.7. The first-order chi connectivity index (χ1) is 12.9. The van der Waals surface area contributed by atoms with Crippen molar-refractivity contribution in [3.8, 4) is 0 Å². The van der Waals surface area contributed by atoms with E-state index in [1.807, 2.05) is 4.90 Å². The third-order valence-electron chi connectivity index (χ3n) is 4.75. The average molecular weight is 386 g/mol. The summed E-state index contributed by atoms with van der Waals surface area (Å²) < 4.78 is 30.0. The molecule has 2 aromatic carbocycles. The van der Waals surface area contributed by atoms with Crippen LogP contribution in [0.3, 0.4) is 0 Å². The fraction of sp³-hybridized carbons (Fsp3) is 0.263. The summed E-state index contributed by atoms with van der Waals surface area (Å²) in [4.78, 5) is 28.7. The fourth-order valence-corrected chi connectivity index (χ4v) is 4.27. The zero-order chi connectivity index (χ0) is 19.2. The van der Waals surface area contributed by atoms with Crippen LogP contribution in [0.25, 0.3) is 0 Å². The molecule has 0 spiro atoms. The maximum atomic E-state index is 12.9. The number of carbonyl (C=O) groups excluding carboxylic acids is 2. The van der Waals surface area contributed by atoms with Gasteiger partial charge in [-0.3, -0.25) is 9.59 Å². The second-order valence-corrected chi connectivity index (χ2v) is 8.50. The van der Waals surface area contributed by atoms with Gasteiger partial charge in [-0.25, -0.2) is 13.3 Å². The van der Waals surface area contributed by atoms with Crippen LogP contribution in [-0.2, 0) is 14.6 Å². The highest BCUT2D eigenvalue weighted by atomic mass is 32.2. The number of amides is 2. The van der Waals surface area contributed by atoms with E-state index in [4.69, 9.17) is 4.74 Å². The SMILES string of the molecule is CS(=O)(=O)c1ccc(N2CCOCC2)cc1N1C(=O)c2ccccc2C1=O. The molecule has 8 heteroatoms. The minimum absolute atomic E-state index is 0.0472. The minimum Gasteiger partial charge on any atom is -0.378 e. The summed E-state index contributed by atoms with van der Waals surface area (Å²) >= 11 is 0. The van der Waals surface area contributed by atoms with Gasteiger partial charge >= 0.3 is 0 Å². The van der Waals surface area contributed by atoms with Gasteiger partial charge in [-0.2, -0.15) is 0 Å². The minimum atomic E-state index is -3.64. The lowest BCUT2D eigenvalue weighted by Gasteiger charge is -2.30. The Morgan fingerprint density at radius 2 is 1.52 bits per heavy atom. The van der Waals surface area contributed by atoms with Crippen molar-refractivity contribution in [2.75, 3.05) is 42.4 Å². The molecule has 0 atom stereocenters. The van der Waals surface area contributed by atoms with E-state index in [2.05, 4.69) is 0 Å².